The molecule has 0 aliphatic carbocycles. The van der Waals surface area contributed by atoms with E-state index in [-0.39, 0.29) is 18.4 Å². The van der Waals surface area contributed by atoms with Crippen LogP contribution in [0.25, 0.3) is 0 Å². The summed E-state index contributed by atoms with van der Waals surface area (Å²) in [4.78, 5) is 27.4. The van der Waals surface area contributed by atoms with Crippen LogP contribution in [0.3, 0.4) is 0 Å². The first-order valence-electron chi connectivity index (χ1n) is 7.00. The molecule has 0 saturated carbocycles. The molecule has 1 aliphatic rings. The van der Waals surface area contributed by atoms with Crippen LogP contribution in [-0.2, 0) is 9.59 Å². The van der Waals surface area contributed by atoms with Gasteiger partial charge >= 0.3 is 0 Å². The molecular weight excluding hydrogens is 311 g/mol. The number of likely N-dealkylation sites (tertiary alicyclic amines) is 1. The van der Waals surface area contributed by atoms with E-state index in [2.05, 4.69) is 0 Å². The summed E-state index contributed by atoms with van der Waals surface area (Å²) < 4.78 is 0. The van der Waals surface area contributed by atoms with Crippen molar-refractivity contribution < 1.29 is 9.59 Å². The van der Waals surface area contributed by atoms with Crippen LogP contribution in [0.2, 0.25) is 10.0 Å². The lowest BCUT2D eigenvalue weighted by molar-refractivity contribution is -0.132. The van der Waals surface area contributed by atoms with E-state index in [0.29, 0.717) is 15.7 Å². The second-order valence-corrected chi connectivity index (χ2v) is 5.96. The van der Waals surface area contributed by atoms with Gasteiger partial charge in [0.15, 0.2) is 0 Å². The molecule has 0 aromatic heterocycles. The summed E-state index contributed by atoms with van der Waals surface area (Å²) in [6.07, 6.45) is 3.21. The summed E-state index contributed by atoms with van der Waals surface area (Å²) in [6.45, 7) is 3.01. The van der Waals surface area contributed by atoms with Crippen LogP contribution in [0.15, 0.2) is 18.2 Å². The van der Waals surface area contributed by atoms with Gasteiger partial charge in [-0.3, -0.25) is 9.59 Å². The molecule has 0 atom stereocenters. The standard InChI is InChI=1S/C15H18Cl2N2O2/c1-11(20)19(12-5-6-13(16)14(17)9-12)10-15(21)18-7-3-2-4-8-18/h5-6,9H,2-4,7-8,10H2,1H3. The smallest absolute Gasteiger partial charge is 0.242 e. The van der Waals surface area contributed by atoms with Gasteiger partial charge < -0.3 is 9.80 Å². The van der Waals surface area contributed by atoms with Crippen molar-refractivity contribution in [2.24, 2.45) is 0 Å². The van der Waals surface area contributed by atoms with Gasteiger partial charge in [0, 0.05) is 25.7 Å². The molecule has 1 heterocycles. The van der Waals surface area contributed by atoms with Crippen molar-refractivity contribution in [1.82, 2.24) is 4.90 Å². The summed E-state index contributed by atoms with van der Waals surface area (Å²) in [6, 6.07) is 4.93. The first-order chi connectivity index (χ1) is 9.99. The van der Waals surface area contributed by atoms with Gasteiger partial charge in [-0.1, -0.05) is 23.2 Å². The maximum absolute atomic E-state index is 12.3. The molecule has 0 N–H and O–H groups in total. The second kappa shape index (κ2) is 7.14. The Morgan fingerprint density at radius 2 is 1.81 bits per heavy atom. The van der Waals surface area contributed by atoms with Gasteiger partial charge in [-0.2, -0.15) is 0 Å². The van der Waals surface area contributed by atoms with E-state index < -0.39 is 0 Å². The molecule has 0 unspecified atom stereocenters. The highest BCUT2D eigenvalue weighted by Gasteiger charge is 2.22. The van der Waals surface area contributed by atoms with Crippen molar-refractivity contribution >= 4 is 40.7 Å². The van der Waals surface area contributed by atoms with Crippen LogP contribution in [0.5, 0.6) is 0 Å². The fourth-order valence-corrected chi connectivity index (χ4v) is 2.71. The summed E-state index contributed by atoms with van der Waals surface area (Å²) in [5.74, 6) is -0.227. The quantitative estimate of drug-likeness (QED) is 0.853. The van der Waals surface area contributed by atoms with Crippen molar-refractivity contribution in [3.05, 3.63) is 28.2 Å². The normalized spacial score (nSPS) is 14.9. The van der Waals surface area contributed by atoms with Crippen LogP contribution in [0.1, 0.15) is 26.2 Å². The van der Waals surface area contributed by atoms with E-state index >= 15 is 0 Å². The number of anilines is 1. The Balaban J connectivity index is 2.13. The molecule has 1 saturated heterocycles. The van der Waals surface area contributed by atoms with Crippen LogP contribution in [0, 0.1) is 0 Å². The topological polar surface area (TPSA) is 40.6 Å². The molecule has 0 bridgehead atoms. The van der Waals surface area contributed by atoms with Gasteiger partial charge in [0.2, 0.25) is 11.8 Å². The molecule has 0 radical (unpaired) electrons. The van der Waals surface area contributed by atoms with Crippen LogP contribution in [-0.4, -0.2) is 36.3 Å². The van der Waals surface area contributed by atoms with Gasteiger partial charge in [0.25, 0.3) is 0 Å². The maximum Gasteiger partial charge on any atom is 0.242 e. The molecule has 1 aromatic carbocycles. The number of halogens is 2. The number of amides is 2. The molecule has 6 heteroatoms. The number of rotatable bonds is 3. The SMILES string of the molecule is CC(=O)N(CC(=O)N1CCCCC1)c1ccc(Cl)c(Cl)c1. The Morgan fingerprint density at radius 3 is 2.38 bits per heavy atom. The molecule has 2 rings (SSSR count). The molecule has 2 amide bonds. The van der Waals surface area contributed by atoms with Crippen molar-refractivity contribution in [1.29, 1.82) is 0 Å². The molecule has 21 heavy (non-hydrogen) atoms. The summed E-state index contributed by atoms with van der Waals surface area (Å²) >= 11 is 11.9. The minimum atomic E-state index is -0.196. The highest BCUT2D eigenvalue weighted by molar-refractivity contribution is 6.42. The number of hydrogen-bond acceptors (Lipinski definition) is 2. The van der Waals surface area contributed by atoms with Crippen molar-refractivity contribution in [3.8, 4) is 0 Å². The summed E-state index contributed by atoms with van der Waals surface area (Å²) in [7, 11) is 0. The Bertz CT molecular complexity index is 542. The van der Waals surface area contributed by atoms with Gasteiger partial charge in [-0.15, -0.1) is 0 Å². The molecule has 114 valence electrons. The van der Waals surface area contributed by atoms with E-state index in [1.165, 1.54) is 11.8 Å². The van der Waals surface area contributed by atoms with Crippen molar-refractivity contribution in [2.75, 3.05) is 24.5 Å². The maximum atomic E-state index is 12.3. The van der Waals surface area contributed by atoms with Crippen molar-refractivity contribution in [3.63, 3.8) is 0 Å². The lowest BCUT2D eigenvalue weighted by Gasteiger charge is -2.29. The highest BCUT2D eigenvalue weighted by atomic mass is 35.5. The molecule has 1 aliphatic heterocycles. The van der Waals surface area contributed by atoms with Crippen LogP contribution < -0.4 is 4.90 Å². The van der Waals surface area contributed by atoms with E-state index in [4.69, 9.17) is 23.2 Å². The third-order valence-corrected chi connectivity index (χ3v) is 4.34. The first kappa shape index (κ1) is 16.1. The predicted octanol–water partition coefficient (Wildman–Crippen LogP) is 3.36. The Labute approximate surface area is 134 Å². The average Bonchev–Trinajstić information content (AvgIpc) is 2.48. The van der Waals surface area contributed by atoms with E-state index in [1.54, 1.807) is 18.2 Å². The van der Waals surface area contributed by atoms with Crippen LogP contribution in [0.4, 0.5) is 5.69 Å². The number of benzene rings is 1. The van der Waals surface area contributed by atoms with Crippen LogP contribution >= 0.6 is 23.2 Å². The predicted molar refractivity (Wildman–Crippen MR) is 84.9 cm³/mol. The largest absolute Gasteiger partial charge is 0.341 e. The number of carbonyl (C=O) groups is 2. The average molecular weight is 329 g/mol. The minimum absolute atomic E-state index is 0.0315. The zero-order chi connectivity index (χ0) is 15.4. The highest BCUT2D eigenvalue weighted by Crippen LogP contribution is 2.27. The molecule has 4 nitrogen and oxygen atoms in total. The zero-order valence-electron chi connectivity index (χ0n) is 11.9. The molecule has 0 spiro atoms. The van der Waals surface area contributed by atoms with Crippen molar-refractivity contribution in [2.45, 2.75) is 26.2 Å². The summed E-state index contributed by atoms with van der Waals surface area (Å²) in [5, 5.41) is 0.789. The third kappa shape index (κ3) is 4.11. The molecular formula is C15H18Cl2N2O2. The molecule has 1 aromatic rings. The Morgan fingerprint density at radius 1 is 1.14 bits per heavy atom. The second-order valence-electron chi connectivity index (χ2n) is 5.15. The third-order valence-electron chi connectivity index (χ3n) is 3.60. The number of nitrogens with zero attached hydrogens (tertiary/aromatic N) is 2. The monoisotopic (exact) mass is 328 g/mol. The van der Waals surface area contributed by atoms with Gasteiger partial charge in [0.1, 0.15) is 6.54 Å². The Kier molecular flexibility index (Phi) is 5.48. The van der Waals surface area contributed by atoms with Gasteiger partial charge in [-0.05, 0) is 37.5 Å². The zero-order valence-corrected chi connectivity index (χ0v) is 13.5. The minimum Gasteiger partial charge on any atom is -0.341 e. The fraction of sp³-hybridized carbons (Fsp3) is 0.467. The summed E-state index contributed by atoms with van der Waals surface area (Å²) in [5.41, 5.74) is 0.585. The van der Waals surface area contributed by atoms with E-state index in [1.807, 2.05) is 4.90 Å². The Hall–Kier alpha value is -1.26. The number of carbonyl (C=O) groups excluding carboxylic acids is 2. The van der Waals surface area contributed by atoms with E-state index in [9.17, 15) is 9.59 Å². The van der Waals surface area contributed by atoms with Gasteiger partial charge in [0.05, 0.1) is 10.0 Å². The number of piperidine rings is 1. The van der Waals surface area contributed by atoms with Gasteiger partial charge in [-0.25, -0.2) is 0 Å². The number of hydrogen-bond donors (Lipinski definition) is 0. The molecule has 1 fully saturated rings. The van der Waals surface area contributed by atoms with E-state index in [0.717, 1.165) is 32.4 Å². The lowest BCUT2D eigenvalue weighted by Crippen LogP contribution is -2.44. The fourth-order valence-electron chi connectivity index (χ4n) is 2.42. The first-order valence-corrected chi connectivity index (χ1v) is 7.75. The lowest BCUT2D eigenvalue weighted by atomic mass is 10.1.